The SMILES string of the molecule is COCCCNC(=O)c1ccc(CNC(=O)C23CC4CC(CC(C4)C2)C3)cc1. The van der Waals surface area contributed by atoms with Crippen molar-refractivity contribution in [3.05, 3.63) is 35.4 Å². The van der Waals surface area contributed by atoms with Crippen molar-refractivity contribution in [2.45, 2.75) is 51.5 Å². The smallest absolute Gasteiger partial charge is 0.251 e. The molecule has 0 heterocycles. The van der Waals surface area contributed by atoms with Gasteiger partial charge in [0.15, 0.2) is 0 Å². The van der Waals surface area contributed by atoms with E-state index in [1.807, 2.05) is 24.3 Å². The maximum Gasteiger partial charge on any atom is 0.251 e. The van der Waals surface area contributed by atoms with Crippen molar-refractivity contribution in [3.63, 3.8) is 0 Å². The lowest BCUT2D eigenvalue weighted by atomic mass is 9.49. The number of ether oxygens (including phenoxy) is 1. The third-order valence-corrected chi connectivity index (χ3v) is 7.00. The van der Waals surface area contributed by atoms with Crippen LogP contribution in [0.4, 0.5) is 0 Å². The highest BCUT2D eigenvalue weighted by atomic mass is 16.5. The zero-order valence-electron chi connectivity index (χ0n) is 16.8. The largest absolute Gasteiger partial charge is 0.385 e. The molecule has 5 nitrogen and oxygen atoms in total. The second-order valence-electron chi connectivity index (χ2n) is 9.18. The van der Waals surface area contributed by atoms with E-state index in [1.165, 1.54) is 19.3 Å². The molecule has 0 atom stereocenters. The van der Waals surface area contributed by atoms with Crippen molar-refractivity contribution < 1.29 is 14.3 Å². The van der Waals surface area contributed by atoms with E-state index in [0.717, 1.165) is 49.0 Å². The van der Waals surface area contributed by atoms with Crippen LogP contribution in [0.25, 0.3) is 0 Å². The molecule has 0 aromatic heterocycles. The number of benzene rings is 1. The number of carbonyl (C=O) groups is 2. The first-order chi connectivity index (χ1) is 13.6. The van der Waals surface area contributed by atoms with Crippen molar-refractivity contribution in [2.24, 2.45) is 23.2 Å². The molecule has 1 aromatic carbocycles. The minimum absolute atomic E-state index is 0.0692. The minimum Gasteiger partial charge on any atom is -0.385 e. The van der Waals surface area contributed by atoms with Gasteiger partial charge in [-0.2, -0.15) is 0 Å². The maximum absolute atomic E-state index is 13.0. The van der Waals surface area contributed by atoms with Crippen LogP contribution in [0.5, 0.6) is 0 Å². The molecule has 0 saturated heterocycles. The lowest BCUT2D eigenvalue weighted by Gasteiger charge is -2.55. The molecule has 4 aliphatic rings. The predicted molar refractivity (Wildman–Crippen MR) is 108 cm³/mol. The molecule has 4 aliphatic carbocycles. The molecule has 0 spiro atoms. The monoisotopic (exact) mass is 384 g/mol. The number of methoxy groups -OCH3 is 1. The zero-order chi connectivity index (χ0) is 19.6. The summed E-state index contributed by atoms with van der Waals surface area (Å²) in [6.45, 7) is 1.79. The summed E-state index contributed by atoms with van der Waals surface area (Å²) in [7, 11) is 1.66. The Balaban J connectivity index is 1.28. The van der Waals surface area contributed by atoms with Crippen molar-refractivity contribution in [2.75, 3.05) is 20.3 Å². The molecule has 5 rings (SSSR count). The topological polar surface area (TPSA) is 67.4 Å². The number of hydrogen-bond donors (Lipinski definition) is 2. The highest BCUT2D eigenvalue weighted by Crippen LogP contribution is 2.60. The number of hydrogen-bond acceptors (Lipinski definition) is 3. The number of nitrogens with one attached hydrogen (secondary N) is 2. The molecular formula is C23H32N2O3. The quantitative estimate of drug-likeness (QED) is 0.676. The van der Waals surface area contributed by atoms with Gasteiger partial charge in [0.2, 0.25) is 5.91 Å². The summed E-state index contributed by atoms with van der Waals surface area (Å²) in [5.74, 6) is 2.52. The average molecular weight is 385 g/mol. The summed E-state index contributed by atoms with van der Waals surface area (Å²) in [6, 6.07) is 7.53. The molecule has 4 saturated carbocycles. The van der Waals surface area contributed by atoms with Gasteiger partial charge in [-0.15, -0.1) is 0 Å². The Bertz CT molecular complexity index is 678. The summed E-state index contributed by atoms with van der Waals surface area (Å²) in [5, 5.41) is 6.09. The van der Waals surface area contributed by atoms with E-state index in [2.05, 4.69) is 10.6 Å². The average Bonchev–Trinajstić information content (AvgIpc) is 2.68. The molecule has 28 heavy (non-hydrogen) atoms. The molecule has 4 fully saturated rings. The van der Waals surface area contributed by atoms with Crippen molar-refractivity contribution in [1.82, 2.24) is 10.6 Å². The van der Waals surface area contributed by atoms with Crippen molar-refractivity contribution in [1.29, 1.82) is 0 Å². The fourth-order valence-electron chi connectivity index (χ4n) is 6.05. The fraction of sp³-hybridized carbons (Fsp3) is 0.652. The third kappa shape index (κ3) is 4.09. The van der Waals surface area contributed by atoms with E-state index >= 15 is 0 Å². The van der Waals surface area contributed by atoms with E-state index in [0.29, 0.717) is 25.3 Å². The van der Waals surface area contributed by atoms with Gasteiger partial charge in [0.1, 0.15) is 0 Å². The van der Waals surface area contributed by atoms with Gasteiger partial charge in [0, 0.05) is 37.8 Å². The highest BCUT2D eigenvalue weighted by Gasteiger charge is 2.54. The molecule has 0 aliphatic heterocycles. The Hall–Kier alpha value is -1.88. The molecule has 0 radical (unpaired) electrons. The van der Waals surface area contributed by atoms with Crippen LogP contribution in [0.15, 0.2) is 24.3 Å². The molecule has 5 heteroatoms. The molecule has 1 aromatic rings. The Morgan fingerprint density at radius 2 is 1.61 bits per heavy atom. The van der Waals surface area contributed by atoms with Gasteiger partial charge >= 0.3 is 0 Å². The second kappa shape index (κ2) is 8.24. The number of carbonyl (C=O) groups excluding carboxylic acids is 2. The molecule has 2 amide bonds. The molecule has 4 bridgehead atoms. The summed E-state index contributed by atoms with van der Waals surface area (Å²) < 4.78 is 4.98. The van der Waals surface area contributed by atoms with Gasteiger partial charge in [-0.05, 0) is 80.4 Å². The van der Waals surface area contributed by atoms with Gasteiger partial charge in [-0.1, -0.05) is 12.1 Å². The van der Waals surface area contributed by atoms with E-state index in [4.69, 9.17) is 4.74 Å². The first-order valence-corrected chi connectivity index (χ1v) is 10.7. The van der Waals surface area contributed by atoms with Crippen LogP contribution in [0.1, 0.15) is 60.9 Å². The second-order valence-corrected chi connectivity index (χ2v) is 9.18. The molecule has 2 N–H and O–H groups in total. The number of amides is 2. The summed E-state index contributed by atoms with van der Waals surface area (Å²) in [6.07, 6.45) is 8.12. The normalized spacial score (nSPS) is 30.2. The van der Waals surface area contributed by atoms with Gasteiger partial charge in [-0.3, -0.25) is 9.59 Å². The van der Waals surface area contributed by atoms with Crippen LogP contribution in [0.3, 0.4) is 0 Å². The van der Waals surface area contributed by atoms with E-state index in [1.54, 1.807) is 7.11 Å². The first kappa shape index (κ1) is 19.4. The molecule has 152 valence electrons. The van der Waals surface area contributed by atoms with E-state index in [-0.39, 0.29) is 17.2 Å². The highest BCUT2D eigenvalue weighted by molar-refractivity contribution is 5.94. The Kier molecular flexibility index (Phi) is 5.72. The van der Waals surface area contributed by atoms with E-state index < -0.39 is 0 Å². The fourth-order valence-corrected chi connectivity index (χ4v) is 6.05. The maximum atomic E-state index is 13.0. The minimum atomic E-state index is -0.100. The van der Waals surface area contributed by atoms with Crippen LogP contribution in [-0.2, 0) is 16.1 Å². The van der Waals surface area contributed by atoms with Crippen LogP contribution >= 0.6 is 0 Å². The predicted octanol–water partition coefficient (Wildman–Crippen LogP) is 3.29. The summed E-state index contributed by atoms with van der Waals surface area (Å²) in [4.78, 5) is 25.2. The van der Waals surface area contributed by atoms with Crippen LogP contribution in [0, 0.1) is 23.2 Å². The van der Waals surface area contributed by atoms with Gasteiger partial charge in [-0.25, -0.2) is 0 Å². The van der Waals surface area contributed by atoms with Crippen molar-refractivity contribution >= 4 is 11.8 Å². The van der Waals surface area contributed by atoms with Gasteiger partial charge < -0.3 is 15.4 Å². The van der Waals surface area contributed by atoms with E-state index in [9.17, 15) is 9.59 Å². The first-order valence-electron chi connectivity index (χ1n) is 10.7. The molecular weight excluding hydrogens is 352 g/mol. The summed E-state index contributed by atoms with van der Waals surface area (Å²) in [5.41, 5.74) is 1.58. The summed E-state index contributed by atoms with van der Waals surface area (Å²) >= 11 is 0. The van der Waals surface area contributed by atoms with Crippen LogP contribution < -0.4 is 10.6 Å². The Morgan fingerprint density at radius 1 is 1.00 bits per heavy atom. The van der Waals surface area contributed by atoms with Crippen LogP contribution in [-0.4, -0.2) is 32.1 Å². The number of rotatable bonds is 8. The van der Waals surface area contributed by atoms with Crippen molar-refractivity contribution in [3.8, 4) is 0 Å². The van der Waals surface area contributed by atoms with Crippen LogP contribution in [0.2, 0.25) is 0 Å². The Morgan fingerprint density at radius 3 is 2.18 bits per heavy atom. The molecule has 0 unspecified atom stereocenters. The Labute approximate surface area is 167 Å². The van der Waals surface area contributed by atoms with Gasteiger partial charge in [0.25, 0.3) is 5.91 Å². The van der Waals surface area contributed by atoms with Gasteiger partial charge in [0.05, 0.1) is 0 Å². The third-order valence-electron chi connectivity index (χ3n) is 7.00. The lowest BCUT2D eigenvalue weighted by molar-refractivity contribution is -0.146. The zero-order valence-corrected chi connectivity index (χ0v) is 16.8. The lowest BCUT2D eigenvalue weighted by Crippen LogP contribution is -2.53. The standard InChI is InChI=1S/C23H32N2O3/c1-28-8-2-7-24-21(26)20-5-3-16(4-6-20)15-25-22(27)23-12-17-9-18(13-23)11-19(10-17)14-23/h3-6,17-19H,2,7-15H2,1H3,(H,24,26)(H,25,27).